The number of alkyl halides is 3. The molecule has 0 rings (SSSR count). The SMILES string of the molecule is CC(=O)C(C(C)=O)[C@H](O)C(Cl)(Cl)Cl. The molecule has 0 aliphatic carbocycles. The van der Waals surface area contributed by atoms with Crippen molar-refractivity contribution in [1.29, 1.82) is 0 Å². The highest BCUT2D eigenvalue weighted by Gasteiger charge is 2.41. The van der Waals surface area contributed by atoms with Gasteiger partial charge < -0.3 is 5.11 Å². The van der Waals surface area contributed by atoms with Gasteiger partial charge in [-0.15, -0.1) is 0 Å². The van der Waals surface area contributed by atoms with Gasteiger partial charge in [-0.25, -0.2) is 0 Å². The van der Waals surface area contributed by atoms with Crippen LogP contribution in [0.1, 0.15) is 13.8 Å². The number of ketones is 2. The molecule has 6 heteroatoms. The fourth-order valence-corrected chi connectivity index (χ4v) is 1.30. The molecule has 0 unspecified atom stereocenters. The summed E-state index contributed by atoms with van der Waals surface area (Å²) in [7, 11) is 0. The van der Waals surface area contributed by atoms with E-state index in [4.69, 9.17) is 34.8 Å². The third kappa shape index (κ3) is 3.81. The molecule has 0 aromatic rings. The highest BCUT2D eigenvalue weighted by atomic mass is 35.6. The van der Waals surface area contributed by atoms with Gasteiger partial charge in [0.15, 0.2) is 0 Å². The van der Waals surface area contributed by atoms with Crippen LogP contribution in [0.2, 0.25) is 0 Å². The van der Waals surface area contributed by atoms with Crippen LogP contribution in [0.15, 0.2) is 0 Å². The van der Waals surface area contributed by atoms with E-state index < -0.39 is 27.4 Å². The minimum absolute atomic E-state index is 0.522. The largest absolute Gasteiger partial charge is 0.387 e. The zero-order chi connectivity index (χ0) is 10.8. The minimum atomic E-state index is -2.03. The smallest absolute Gasteiger partial charge is 0.217 e. The normalized spacial score (nSPS) is 14.4. The van der Waals surface area contributed by atoms with E-state index in [9.17, 15) is 14.7 Å². The molecule has 0 heterocycles. The van der Waals surface area contributed by atoms with Gasteiger partial charge in [-0.2, -0.15) is 0 Å². The summed E-state index contributed by atoms with van der Waals surface area (Å²) in [5.74, 6) is -2.31. The first-order valence-electron chi connectivity index (χ1n) is 3.43. The van der Waals surface area contributed by atoms with Crippen LogP contribution in [0.5, 0.6) is 0 Å². The number of Topliss-reactive ketones (excluding diaryl/α,β-unsaturated/α-hetero) is 2. The quantitative estimate of drug-likeness (QED) is 0.607. The van der Waals surface area contributed by atoms with Crippen molar-refractivity contribution in [2.75, 3.05) is 0 Å². The van der Waals surface area contributed by atoms with Gasteiger partial charge in [-0.05, 0) is 13.8 Å². The summed E-state index contributed by atoms with van der Waals surface area (Å²) in [6, 6.07) is 0. The molecular formula is C7H9Cl3O3. The van der Waals surface area contributed by atoms with E-state index in [0.717, 1.165) is 13.8 Å². The van der Waals surface area contributed by atoms with Crippen LogP contribution in [0.3, 0.4) is 0 Å². The molecule has 0 saturated heterocycles. The van der Waals surface area contributed by atoms with E-state index in [1.165, 1.54) is 0 Å². The lowest BCUT2D eigenvalue weighted by molar-refractivity contribution is -0.134. The number of rotatable bonds is 3. The Bertz CT molecular complexity index is 208. The van der Waals surface area contributed by atoms with Crippen molar-refractivity contribution >= 4 is 46.4 Å². The number of aliphatic hydroxyl groups is 1. The lowest BCUT2D eigenvalue weighted by Crippen LogP contribution is -2.41. The molecule has 0 fully saturated rings. The number of carbonyl (C=O) groups is 2. The van der Waals surface area contributed by atoms with Crippen LogP contribution >= 0.6 is 34.8 Å². The molecule has 3 nitrogen and oxygen atoms in total. The van der Waals surface area contributed by atoms with E-state index in [1.54, 1.807) is 0 Å². The van der Waals surface area contributed by atoms with Crippen molar-refractivity contribution in [3.63, 3.8) is 0 Å². The maximum atomic E-state index is 10.9. The Labute approximate surface area is 91.0 Å². The number of hydrogen-bond acceptors (Lipinski definition) is 3. The van der Waals surface area contributed by atoms with E-state index in [2.05, 4.69) is 0 Å². The summed E-state index contributed by atoms with van der Waals surface area (Å²) in [6.45, 7) is 2.32. The molecule has 0 aliphatic heterocycles. The van der Waals surface area contributed by atoms with Gasteiger partial charge in [-0.1, -0.05) is 34.8 Å². The third-order valence-corrected chi connectivity index (χ3v) is 2.20. The van der Waals surface area contributed by atoms with Crippen molar-refractivity contribution in [2.24, 2.45) is 5.92 Å². The van der Waals surface area contributed by atoms with Gasteiger partial charge in [0.25, 0.3) is 0 Å². The number of halogens is 3. The Morgan fingerprint density at radius 3 is 1.54 bits per heavy atom. The van der Waals surface area contributed by atoms with Crippen LogP contribution in [0, 0.1) is 5.92 Å². The van der Waals surface area contributed by atoms with E-state index in [1.807, 2.05) is 0 Å². The average Bonchev–Trinajstić information content (AvgIpc) is 1.82. The Hall–Kier alpha value is 0.170. The summed E-state index contributed by atoms with van der Waals surface area (Å²) < 4.78 is -2.03. The molecule has 13 heavy (non-hydrogen) atoms. The zero-order valence-corrected chi connectivity index (χ0v) is 9.32. The highest BCUT2D eigenvalue weighted by molar-refractivity contribution is 6.68. The summed E-state index contributed by atoms with van der Waals surface area (Å²) in [5.41, 5.74) is 0. The Kier molecular flexibility index (Phi) is 4.66. The molecule has 0 aromatic heterocycles. The van der Waals surface area contributed by atoms with Gasteiger partial charge in [0.05, 0.1) is 0 Å². The maximum Gasteiger partial charge on any atom is 0.217 e. The second kappa shape index (κ2) is 4.60. The van der Waals surface area contributed by atoms with E-state index in [0.29, 0.717) is 0 Å². The third-order valence-electron chi connectivity index (χ3n) is 1.53. The first-order chi connectivity index (χ1) is 5.68. The highest BCUT2D eigenvalue weighted by Crippen LogP contribution is 2.34. The monoisotopic (exact) mass is 246 g/mol. The van der Waals surface area contributed by atoms with Gasteiger partial charge in [0.1, 0.15) is 23.6 Å². The lowest BCUT2D eigenvalue weighted by Gasteiger charge is -2.24. The Morgan fingerprint density at radius 1 is 1.15 bits per heavy atom. The molecule has 1 N–H and O–H groups in total. The molecule has 0 aromatic carbocycles. The summed E-state index contributed by atoms with van der Waals surface area (Å²) in [5, 5.41) is 9.35. The first kappa shape index (κ1) is 13.2. The molecule has 0 amide bonds. The predicted molar refractivity (Wildman–Crippen MR) is 51.1 cm³/mol. The molecule has 0 saturated carbocycles. The summed E-state index contributed by atoms with van der Waals surface area (Å²) in [6.07, 6.45) is -1.60. The fourth-order valence-electron chi connectivity index (χ4n) is 0.920. The van der Waals surface area contributed by atoms with Crippen LogP contribution in [-0.4, -0.2) is 26.6 Å². The van der Waals surface area contributed by atoms with Crippen molar-refractivity contribution in [3.8, 4) is 0 Å². The second-order valence-corrected chi connectivity index (χ2v) is 5.05. The van der Waals surface area contributed by atoms with Crippen LogP contribution in [0.25, 0.3) is 0 Å². The average molecular weight is 248 g/mol. The predicted octanol–water partition coefficient (Wildman–Crippen LogP) is 1.51. The molecule has 0 radical (unpaired) electrons. The van der Waals surface area contributed by atoms with E-state index in [-0.39, 0.29) is 0 Å². The number of carbonyl (C=O) groups excluding carboxylic acids is 2. The number of hydrogen-bond donors (Lipinski definition) is 1. The zero-order valence-electron chi connectivity index (χ0n) is 7.05. The van der Waals surface area contributed by atoms with Gasteiger partial charge in [0, 0.05) is 0 Å². The molecule has 0 spiro atoms. The summed E-state index contributed by atoms with van der Waals surface area (Å²) >= 11 is 16.0. The topological polar surface area (TPSA) is 54.4 Å². The number of aliphatic hydroxyl groups excluding tert-OH is 1. The van der Waals surface area contributed by atoms with Crippen LogP contribution in [0.4, 0.5) is 0 Å². The molecule has 1 atom stereocenters. The minimum Gasteiger partial charge on any atom is -0.387 e. The van der Waals surface area contributed by atoms with Crippen molar-refractivity contribution in [2.45, 2.75) is 23.7 Å². The molecule has 76 valence electrons. The maximum absolute atomic E-state index is 10.9. The first-order valence-corrected chi connectivity index (χ1v) is 4.57. The van der Waals surface area contributed by atoms with Gasteiger partial charge in [-0.3, -0.25) is 9.59 Å². The molecular weight excluding hydrogens is 238 g/mol. The van der Waals surface area contributed by atoms with Crippen molar-refractivity contribution in [3.05, 3.63) is 0 Å². The van der Waals surface area contributed by atoms with Crippen molar-refractivity contribution < 1.29 is 14.7 Å². The standard InChI is InChI=1S/C7H9Cl3O3/c1-3(11)5(4(2)12)6(13)7(8,9)10/h5-6,13H,1-2H3/t6-/m0/s1. The van der Waals surface area contributed by atoms with Gasteiger partial charge >= 0.3 is 0 Å². The lowest BCUT2D eigenvalue weighted by atomic mass is 9.95. The van der Waals surface area contributed by atoms with Crippen LogP contribution in [-0.2, 0) is 9.59 Å². The summed E-state index contributed by atoms with van der Waals surface area (Å²) in [4.78, 5) is 21.8. The van der Waals surface area contributed by atoms with E-state index >= 15 is 0 Å². The fraction of sp³-hybridized carbons (Fsp3) is 0.714. The Balaban J connectivity index is 4.77. The molecule has 0 bridgehead atoms. The second-order valence-electron chi connectivity index (χ2n) is 2.69. The molecule has 0 aliphatic rings. The Morgan fingerprint density at radius 2 is 1.46 bits per heavy atom. The van der Waals surface area contributed by atoms with Gasteiger partial charge in [0.2, 0.25) is 3.79 Å². The van der Waals surface area contributed by atoms with Crippen molar-refractivity contribution in [1.82, 2.24) is 0 Å². The van der Waals surface area contributed by atoms with Crippen LogP contribution < -0.4 is 0 Å².